The van der Waals surface area contributed by atoms with E-state index in [1.165, 1.54) is 0 Å². The van der Waals surface area contributed by atoms with Gasteiger partial charge in [-0.25, -0.2) is 14.6 Å². The lowest BCUT2D eigenvalue weighted by atomic mass is 9.91. The number of pyridine rings is 1. The first kappa shape index (κ1) is 17.3. The molecule has 1 fully saturated rings. The summed E-state index contributed by atoms with van der Waals surface area (Å²) in [5.74, 6) is 0.862. The summed E-state index contributed by atoms with van der Waals surface area (Å²) in [5, 5.41) is 8.10. The van der Waals surface area contributed by atoms with Crippen LogP contribution in [0, 0.1) is 6.92 Å². The van der Waals surface area contributed by atoms with E-state index in [0.717, 1.165) is 48.5 Å². The van der Waals surface area contributed by atoms with Gasteiger partial charge < -0.3 is 5.32 Å². The van der Waals surface area contributed by atoms with Gasteiger partial charge in [-0.3, -0.25) is 9.78 Å². The number of hydrogen-bond acceptors (Lipinski definition) is 6. The van der Waals surface area contributed by atoms with E-state index in [2.05, 4.69) is 25.4 Å². The SMILES string of the molecule is Cc1cc(NC2CCC(n3nc(-c4ccncc4)ccc3=O)CC2)ncn1. The van der Waals surface area contributed by atoms with E-state index < -0.39 is 0 Å². The van der Waals surface area contributed by atoms with Crippen molar-refractivity contribution in [2.75, 3.05) is 5.32 Å². The van der Waals surface area contributed by atoms with E-state index in [9.17, 15) is 4.79 Å². The van der Waals surface area contributed by atoms with Crippen LogP contribution in [0.15, 0.2) is 53.8 Å². The Labute approximate surface area is 157 Å². The van der Waals surface area contributed by atoms with Gasteiger partial charge in [-0.15, -0.1) is 0 Å². The summed E-state index contributed by atoms with van der Waals surface area (Å²) in [4.78, 5) is 24.8. The molecule has 0 bridgehead atoms. The Bertz CT molecular complexity index is 963. The third-order valence-corrected chi connectivity index (χ3v) is 5.00. The van der Waals surface area contributed by atoms with Crippen LogP contribution in [0.1, 0.15) is 37.4 Å². The molecular formula is C20H22N6O. The van der Waals surface area contributed by atoms with Crippen LogP contribution < -0.4 is 10.9 Å². The predicted molar refractivity (Wildman–Crippen MR) is 103 cm³/mol. The maximum Gasteiger partial charge on any atom is 0.267 e. The molecule has 0 unspecified atom stereocenters. The highest BCUT2D eigenvalue weighted by atomic mass is 16.1. The zero-order chi connectivity index (χ0) is 18.6. The van der Waals surface area contributed by atoms with Gasteiger partial charge in [-0.2, -0.15) is 5.10 Å². The molecule has 138 valence electrons. The Kier molecular flexibility index (Phi) is 4.91. The monoisotopic (exact) mass is 362 g/mol. The maximum absolute atomic E-state index is 12.4. The summed E-state index contributed by atoms with van der Waals surface area (Å²) in [7, 11) is 0. The number of anilines is 1. The normalized spacial score (nSPS) is 19.6. The molecule has 1 aliphatic rings. The van der Waals surface area contributed by atoms with Crippen molar-refractivity contribution in [2.24, 2.45) is 0 Å². The van der Waals surface area contributed by atoms with Crippen molar-refractivity contribution in [3.05, 3.63) is 65.1 Å². The molecule has 0 radical (unpaired) electrons. The molecule has 0 aliphatic heterocycles. The Balaban J connectivity index is 1.46. The fourth-order valence-corrected chi connectivity index (χ4v) is 3.57. The predicted octanol–water partition coefficient (Wildman–Crippen LogP) is 3.00. The fourth-order valence-electron chi connectivity index (χ4n) is 3.57. The molecule has 0 atom stereocenters. The minimum Gasteiger partial charge on any atom is -0.367 e. The van der Waals surface area contributed by atoms with Crippen LogP contribution in [-0.2, 0) is 0 Å². The summed E-state index contributed by atoms with van der Waals surface area (Å²) in [6, 6.07) is 9.63. The molecule has 7 nitrogen and oxygen atoms in total. The van der Waals surface area contributed by atoms with Crippen LogP contribution in [0.4, 0.5) is 5.82 Å². The van der Waals surface area contributed by atoms with E-state index >= 15 is 0 Å². The van der Waals surface area contributed by atoms with E-state index in [4.69, 9.17) is 0 Å². The second-order valence-electron chi connectivity index (χ2n) is 6.93. The van der Waals surface area contributed by atoms with Crippen LogP contribution in [0.5, 0.6) is 0 Å². The first-order valence-corrected chi connectivity index (χ1v) is 9.24. The third kappa shape index (κ3) is 4.02. The topological polar surface area (TPSA) is 85.6 Å². The van der Waals surface area contributed by atoms with Crippen molar-refractivity contribution in [1.82, 2.24) is 24.7 Å². The summed E-state index contributed by atoms with van der Waals surface area (Å²) in [5.41, 5.74) is 2.67. The van der Waals surface area contributed by atoms with Gasteiger partial charge in [-0.1, -0.05) is 0 Å². The van der Waals surface area contributed by atoms with Crippen LogP contribution >= 0.6 is 0 Å². The Morgan fingerprint density at radius 1 is 1.04 bits per heavy atom. The van der Waals surface area contributed by atoms with Crippen molar-refractivity contribution >= 4 is 5.82 Å². The van der Waals surface area contributed by atoms with Gasteiger partial charge in [0.05, 0.1) is 11.7 Å². The van der Waals surface area contributed by atoms with Gasteiger partial charge in [0.1, 0.15) is 12.1 Å². The number of nitrogens with zero attached hydrogens (tertiary/aromatic N) is 5. The molecule has 1 aliphatic carbocycles. The Morgan fingerprint density at radius 2 is 1.81 bits per heavy atom. The number of nitrogens with one attached hydrogen (secondary N) is 1. The molecule has 0 aromatic carbocycles. The average molecular weight is 362 g/mol. The van der Waals surface area contributed by atoms with Crippen molar-refractivity contribution < 1.29 is 0 Å². The molecule has 1 saturated carbocycles. The van der Waals surface area contributed by atoms with E-state index in [1.807, 2.05) is 25.1 Å². The largest absolute Gasteiger partial charge is 0.367 e. The van der Waals surface area contributed by atoms with Crippen LogP contribution in [0.2, 0.25) is 0 Å². The van der Waals surface area contributed by atoms with Crippen molar-refractivity contribution in [3.8, 4) is 11.3 Å². The van der Waals surface area contributed by atoms with Crippen LogP contribution in [0.25, 0.3) is 11.3 Å². The maximum atomic E-state index is 12.4. The number of aromatic nitrogens is 5. The van der Waals surface area contributed by atoms with Gasteiger partial charge in [0.15, 0.2) is 0 Å². The number of rotatable bonds is 4. The highest BCUT2D eigenvalue weighted by Gasteiger charge is 2.24. The summed E-state index contributed by atoms with van der Waals surface area (Å²) >= 11 is 0. The van der Waals surface area contributed by atoms with E-state index in [0.29, 0.717) is 6.04 Å². The van der Waals surface area contributed by atoms with Gasteiger partial charge in [0.2, 0.25) is 0 Å². The second-order valence-corrected chi connectivity index (χ2v) is 6.93. The summed E-state index contributed by atoms with van der Waals surface area (Å²) in [6.45, 7) is 1.96. The fraction of sp³-hybridized carbons (Fsp3) is 0.350. The molecular weight excluding hydrogens is 340 g/mol. The molecule has 0 amide bonds. The summed E-state index contributed by atoms with van der Waals surface area (Å²) in [6.07, 6.45) is 8.82. The average Bonchev–Trinajstić information content (AvgIpc) is 2.70. The Morgan fingerprint density at radius 3 is 2.56 bits per heavy atom. The molecule has 3 heterocycles. The highest BCUT2D eigenvalue weighted by molar-refractivity contribution is 5.57. The molecule has 27 heavy (non-hydrogen) atoms. The standard InChI is InChI=1S/C20H22N6O/c1-14-12-19(23-13-22-14)24-16-2-4-17(5-3-16)26-20(27)7-6-18(25-26)15-8-10-21-11-9-15/h6-13,16-17H,2-5H2,1H3,(H,22,23,24). The first-order chi connectivity index (χ1) is 13.2. The number of aryl methyl sites for hydroxylation is 1. The molecule has 0 spiro atoms. The molecule has 4 rings (SSSR count). The van der Waals surface area contributed by atoms with Gasteiger partial charge in [0, 0.05) is 41.8 Å². The van der Waals surface area contributed by atoms with Gasteiger partial charge in [-0.05, 0) is 50.8 Å². The molecule has 7 heteroatoms. The molecule has 3 aromatic heterocycles. The van der Waals surface area contributed by atoms with Crippen molar-refractivity contribution in [2.45, 2.75) is 44.7 Å². The smallest absolute Gasteiger partial charge is 0.267 e. The Hall–Kier alpha value is -3.09. The van der Waals surface area contributed by atoms with Gasteiger partial charge >= 0.3 is 0 Å². The molecule has 3 aromatic rings. The van der Waals surface area contributed by atoms with Crippen LogP contribution in [-0.4, -0.2) is 30.8 Å². The van der Waals surface area contributed by atoms with Crippen molar-refractivity contribution in [1.29, 1.82) is 0 Å². The molecule has 0 saturated heterocycles. The third-order valence-electron chi connectivity index (χ3n) is 5.00. The number of hydrogen-bond donors (Lipinski definition) is 1. The first-order valence-electron chi connectivity index (χ1n) is 9.24. The zero-order valence-electron chi connectivity index (χ0n) is 15.2. The van der Waals surface area contributed by atoms with Crippen LogP contribution in [0.3, 0.4) is 0 Å². The quantitative estimate of drug-likeness (QED) is 0.768. The van der Waals surface area contributed by atoms with Crippen molar-refractivity contribution in [3.63, 3.8) is 0 Å². The zero-order valence-corrected chi connectivity index (χ0v) is 15.2. The minimum absolute atomic E-state index is 0.0457. The highest BCUT2D eigenvalue weighted by Crippen LogP contribution is 2.29. The molecule has 1 N–H and O–H groups in total. The van der Waals surface area contributed by atoms with E-state index in [1.54, 1.807) is 35.5 Å². The lowest BCUT2D eigenvalue weighted by molar-refractivity contribution is 0.304. The summed E-state index contributed by atoms with van der Waals surface area (Å²) < 4.78 is 1.65. The minimum atomic E-state index is -0.0457. The lowest BCUT2D eigenvalue weighted by Crippen LogP contribution is -2.33. The second kappa shape index (κ2) is 7.65. The van der Waals surface area contributed by atoms with Gasteiger partial charge in [0.25, 0.3) is 5.56 Å². The lowest BCUT2D eigenvalue weighted by Gasteiger charge is -2.30. The van der Waals surface area contributed by atoms with E-state index in [-0.39, 0.29) is 11.6 Å².